The number of hydrogen-bond acceptors (Lipinski definition) is 1. The lowest BCUT2D eigenvalue weighted by molar-refractivity contribution is 0.726. The fraction of sp³-hybridized carbons (Fsp3) is 0.0417. The molecule has 236 valence electrons. The largest absolute Gasteiger partial charge is 0.333 e. The van der Waals surface area contributed by atoms with E-state index in [-0.39, 0.29) is 12.0 Å². The van der Waals surface area contributed by atoms with Crippen molar-refractivity contribution in [2.45, 2.75) is 12.0 Å². The van der Waals surface area contributed by atoms with Crippen LogP contribution >= 0.6 is 0 Å². The van der Waals surface area contributed by atoms with Gasteiger partial charge in [-0.3, -0.25) is 0 Å². The Hall–Kier alpha value is -6.38. The van der Waals surface area contributed by atoms with Crippen LogP contribution in [-0.2, 0) is 0 Å². The summed E-state index contributed by atoms with van der Waals surface area (Å²) < 4.78 is 2.48. The molecular formula is C48H34N2. The minimum absolute atomic E-state index is 0.149. The molecule has 2 aliphatic rings. The lowest BCUT2D eigenvalue weighted by atomic mass is 9.82. The number of nitrogens with zero attached hydrogens (tertiary/aromatic N) is 2. The van der Waals surface area contributed by atoms with Crippen LogP contribution in [-0.4, -0.2) is 10.6 Å². The monoisotopic (exact) mass is 638 g/mol. The van der Waals surface area contributed by atoms with Crippen molar-refractivity contribution >= 4 is 28.4 Å². The third-order valence-corrected chi connectivity index (χ3v) is 10.5. The number of fused-ring (bicyclic) bond motifs is 7. The highest BCUT2D eigenvalue weighted by Crippen LogP contribution is 2.55. The highest BCUT2D eigenvalue weighted by Gasteiger charge is 2.43. The Morgan fingerprint density at radius 2 is 1.04 bits per heavy atom. The maximum atomic E-state index is 2.58. The quantitative estimate of drug-likeness (QED) is 0.182. The second kappa shape index (κ2) is 11.6. The average Bonchev–Trinajstić information content (AvgIpc) is 3.71. The molecule has 1 aromatic heterocycles. The molecule has 2 heterocycles. The molecule has 1 aliphatic heterocycles. The van der Waals surface area contributed by atoms with Gasteiger partial charge in [-0.25, -0.2) is 0 Å². The standard InChI is InChI=1S/C48H34N2/c1-3-15-33(16-4-1)35-19-13-20-36(31-35)37-21-14-22-38(32-37)49-43-27-11-8-24-40(43)47-45(49)29-30-46-48(47)41-25-9-12-28-44(41)50(46)42-26-10-7-23-39(42)34-17-5-2-6-18-34/h1-32,46,48H. The maximum absolute atomic E-state index is 2.58. The Bertz CT molecular complexity index is 2560. The molecule has 7 aromatic carbocycles. The smallest absolute Gasteiger partial charge is 0.0637 e. The lowest BCUT2D eigenvalue weighted by Crippen LogP contribution is -2.31. The van der Waals surface area contributed by atoms with Gasteiger partial charge in [-0.2, -0.15) is 0 Å². The normalized spacial score (nSPS) is 15.9. The topological polar surface area (TPSA) is 8.17 Å². The zero-order chi connectivity index (χ0) is 33.0. The predicted octanol–water partition coefficient (Wildman–Crippen LogP) is 12.3. The lowest BCUT2D eigenvalue weighted by Gasteiger charge is -2.32. The zero-order valence-corrected chi connectivity index (χ0v) is 27.5. The summed E-state index contributed by atoms with van der Waals surface area (Å²) in [7, 11) is 0. The molecule has 8 aromatic rings. The molecule has 2 nitrogen and oxygen atoms in total. The Balaban J connectivity index is 1.13. The molecule has 0 saturated carbocycles. The van der Waals surface area contributed by atoms with Crippen molar-refractivity contribution in [2.24, 2.45) is 0 Å². The minimum Gasteiger partial charge on any atom is -0.333 e. The summed E-state index contributed by atoms with van der Waals surface area (Å²) in [4.78, 5) is 2.58. The average molecular weight is 639 g/mol. The molecule has 1 aliphatic carbocycles. The summed E-state index contributed by atoms with van der Waals surface area (Å²) in [6.07, 6.45) is 4.82. The molecule has 0 bridgehead atoms. The summed E-state index contributed by atoms with van der Waals surface area (Å²) in [6.45, 7) is 0. The first-order chi connectivity index (χ1) is 24.8. The van der Waals surface area contributed by atoms with E-state index in [1.165, 1.54) is 78.2 Å². The zero-order valence-electron chi connectivity index (χ0n) is 27.5. The van der Waals surface area contributed by atoms with Gasteiger partial charge >= 0.3 is 0 Å². The molecule has 50 heavy (non-hydrogen) atoms. The summed E-state index contributed by atoms with van der Waals surface area (Å²) in [5, 5.41) is 1.31. The maximum Gasteiger partial charge on any atom is 0.0637 e. The predicted molar refractivity (Wildman–Crippen MR) is 209 cm³/mol. The van der Waals surface area contributed by atoms with Crippen LogP contribution < -0.4 is 4.90 Å². The molecule has 0 N–H and O–H groups in total. The van der Waals surface area contributed by atoms with Crippen LogP contribution in [0.4, 0.5) is 11.4 Å². The fourth-order valence-corrected chi connectivity index (χ4v) is 8.40. The van der Waals surface area contributed by atoms with Gasteiger partial charge in [0.25, 0.3) is 0 Å². The van der Waals surface area contributed by atoms with Crippen LogP contribution in [0.1, 0.15) is 22.7 Å². The van der Waals surface area contributed by atoms with Gasteiger partial charge < -0.3 is 9.47 Å². The Morgan fingerprint density at radius 3 is 1.86 bits per heavy atom. The summed E-state index contributed by atoms with van der Waals surface area (Å²) >= 11 is 0. The number of aromatic nitrogens is 1. The van der Waals surface area contributed by atoms with E-state index < -0.39 is 0 Å². The van der Waals surface area contributed by atoms with E-state index in [1.807, 2.05) is 0 Å². The number of anilines is 2. The molecule has 0 radical (unpaired) electrons. The van der Waals surface area contributed by atoms with Gasteiger partial charge in [0, 0.05) is 33.9 Å². The van der Waals surface area contributed by atoms with Crippen molar-refractivity contribution in [3.8, 4) is 39.1 Å². The van der Waals surface area contributed by atoms with Crippen molar-refractivity contribution < 1.29 is 0 Å². The van der Waals surface area contributed by atoms with Crippen molar-refractivity contribution in [1.82, 2.24) is 4.57 Å². The van der Waals surface area contributed by atoms with Crippen molar-refractivity contribution in [3.63, 3.8) is 0 Å². The first kappa shape index (κ1) is 28.6. The van der Waals surface area contributed by atoms with Crippen LogP contribution in [0, 0.1) is 0 Å². The molecular weight excluding hydrogens is 605 g/mol. The Kier molecular flexibility index (Phi) is 6.67. The Labute approximate surface area is 292 Å². The van der Waals surface area contributed by atoms with Crippen LogP contribution in [0.5, 0.6) is 0 Å². The third-order valence-electron chi connectivity index (χ3n) is 10.5. The molecule has 2 atom stereocenters. The minimum atomic E-state index is 0.149. The van der Waals surface area contributed by atoms with Gasteiger partial charge in [0.1, 0.15) is 0 Å². The van der Waals surface area contributed by atoms with Gasteiger partial charge in [-0.05, 0) is 81.4 Å². The molecule has 0 amide bonds. The Morgan fingerprint density at radius 1 is 0.440 bits per heavy atom. The van der Waals surface area contributed by atoms with E-state index in [4.69, 9.17) is 0 Å². The van der Waals surface area contributed by atoms with Crippen molar-refractivity contribution in [2.75, 3.05) is 4.90 Å². The molecule has 0 saturated heterocycles. The first-order valence-corrected chi connectivity index (χ1v) is 17.4. The number of para-hydroxylation sites is 3. The van der Waals surface area contributed by atoms with Crippen LogP contribution in [0.3, 0.4) is 0 Å². The highest BCUT2D eigenvalue weighted by atomic mass is 15.2. The summed E-state index contributed by atoms with van der Waals surface area (Å²) in [6, 6.07) is 66.3. The van der Waals surface area contributed by atoms with Crippen LogP contribution in [0.15, 0.2) is 188 Å². The molecule has 0 spiro atoms. The van der Waals surface area contributed by atoms with Gasteiger partial charge in [-0.15, -0.1) is 0 Å². The SMILES string of the molecule is C1=CC2C(c3ccccc3N2c2ccccc2-c2ccccc2)c2c1n(-c1cccc(-c3cccc(-c4ccccc4)c3)c1)c1ccccc21. The third kappa shape index (κ3) is 4.49. The van der Waals surface area contributed by atoms with E-state index in [0.717, 1.165) is 0 Å². The van der Waals surface area contributed by atoms with Gasteiger partial charge in [0.2, 0.25) is 0 Å². The number of rotatable bonds is 5. The van der Waals surface area contributed by atoms with E-state index in [0.29, 0.717) is 0 Å². The molecule has 10 rings (SSSR count). The van der Waals surface area contributed by atoms with Gasteiger partial charge in [0.15, 0.2) is 0 Å². The van der Waals surface area contributed by atoms with Crippen LogP contribution in [0.2, 0.25) is 0 Å². The van der Waals surface area contributed by atoms with Crippen molar-refractivity contribution in [1.29, 1.82) is 0 Å². The van der Waals surface area contributed by atoms with E-state index in [1.54, 1.807) is 0 Å². The summed E-state index contributed by atoms with van der Waals surface area (Å²) in [5.41, 5.74) is 16.3. The van der Waals surface area contributed by atoms with Gasteiger partial charge in [0.05, 0.1) is 17.3 Å². The van der Waals surface area contributed by atoms with Crippen molar-refractivity contribution in [3.05, 3.63) is 205 Å². The molecule has 2 unspecified atom stereocenters. The number of hydrogen-bond donors (Lipinski definition) is 0. The fourth-order valence-electron chi connectivity index (χ4n) is 8.40. The number of benzene rings is 7. The van der Waals surface area contributed by atoms with Crippen LogP contribution in [0.25, 0.3) is 56.0 Å². The second-order valence-electron chi connectivity index (χ2n) is 13.3. The highest BCUT2D eigenvalue weighted by molar-refractivity contribution is 5.95. The summed E-state index contributed by atoms with van der Waals surface area (Å²) in [5.74, 6) is 0.187. The van der Waals surface area contributed by atoms with E-state index in [2.05, 4.69) is 204 Å². The molecule has 0 fully saturated rings. The van der Waals surface area contributed by atoms with Gasteiger partial charge in [-0.1, -0.05) is 152 Å². The molecule has 2 heteroatoms. The second-order valence-corrected chi connectivity index (χ2v) is 13.3. The van der Waals surface area contributed by atoms with E-state index >= 15 is 0 Å². The first-order valence-electron chi connectivity index (χ1n) is 17.4. The van der Waals surface area contributed by atoms with E-state index in [9.17, 15) is 0 Å².